The van der Waals surface area contributed by atoms with E-state index in [0.29, 0.717) is 0 Å². The summed E-state index contributed by atoms with van der Waals surface area (Å²) in [7, 11) is 0. The van der Waals surface area contributed by atoms with Gasteiger partial charge in [0.05, 0.1) is 6.61 Å². The van der Waals surface area contributed by atoms with E-state index in [-0.39, 0.29) is 12.2 Å². The van der Waals surface area contributed by atoms with Gasteiger partial charge in [-0.1, -0.05) is 12.1 Å². The molecule has 0 bridgehead atoms. The van der Waals surface area contributed by atoms with Crippen molar-refractivity contribution >= 4 is 34.6 Å². The van der Waals surface area contributed by atoms with E-state index in [9.17, 15) is 4.79 Å². The number of nitriles is 1. The van der Waals surface area contributed by atoms with Crippen molar-refractivity contribution in [3.8, 4) is 6.07 Å². The lowest BCUT2D eigenvalue weighted by Gasteiger charge is -1.99. The molecule has 82 valence electrons. The topological polar surface area (TPSA) is 50.1 Å². The van der Waals surface area contributed by atoms with E-state index in [2.05, 4.69) is 22.6 Å². The van der Waals surface area contributed by atoms with Crippen molar-refractivity contribution in [2.75, 3.05) is 6.61 Å². The van der Waals surface area contributed by atoms with Gasteiger partial charge in [0.25, 0.3) is 0 Å². The zero-order valence-electron chi connectivity index (χ0n) is 8.74. The summed E-state index contributed by atoms with van der Waals surface area (Å²) >= 11 is 2.19. The molecule has 1 aromatic rings. The molecule has 0 fully saturated rings. The lowest BCUT2D eigenvalue weighted by molar-refractivity contribution is -0.137. The molecule has 0 aliphatic rings. The molecule has 0 saturated heterocycles. The van der Waals surface area contributed by atoms with Crippen LogP contribution in [0.25, 0.3) is 6.08 Å². The maximum absolute atomic E-state index is 11.3. The van der Waals surface area contributed by atoms with Gasteiger partial charge < -0.3 is 4.74 Å². The first-order chi connectivity index (χ1) is 7.67. The third kappa shape index (κ3) is 3.66. The summed E-state index contributed by atoms with van der Waals surface area (Å²) in [4.78, 5) is 11.3. The van der Waals surface area contributed by atoms with Crippen LogP contribution in [0, 0.1) is 14.9 Å². The molecule has 3 nitrogen and oxygen atoms in total. The second kappa shape index (κ2) is 6.28. The number of halogens is 1. The molecule has 0 atom stereocenters. The minimum absolute atomic E-state index is 0.0167. The van der Waals surface area contributed by atoms with E-state index >= 15 is 0 Å². The van der Waals surface area contributed by atoms with E-state index in [1.165, 1.54) is 6.08 Å². The van der Waals surface area contributed by atoms with Gasteiger partial charge in [0.1, 0.15) is 11.6 Å². The summed E-state index contributed by atoms with van der Waals surface area (Å²) in [5.41, 5.74) is 0.827. The van der Waals surface area contributed by atoms with Gasteiger partial charge in [0.2, 0.25) is 0 Å². The van der Waals surface area contributed by atoms with Gasteiger partial charge in [0, 0.05) is 3.57 Å². The Hall–Kier alpha value is -1.35. The molecule has 4 heteroatoms. The first-order valence-corrected chi connectivity index (χ1v) is 5.79. The molecular formula is C12H10INO2. The number of carbonyl (C=O) groups is 1. The quantitative estimate of drug-likeness (QED) is 0.371. The van der Waals surface area contributed by atoms with Crippen LogP contribution in [0.1, 0.15) is 12.5 Å². The lowest BCUT2D eigenvalue weighted by atomic mass is 10.1. The number of ether oxygens (including phenoxy) is 1. The van der Waals surface area contributed by atoms with Crippen LogP contribution >= 0.6 is 22.6 Å². The number of esters is 1. The molecule has 0 heterocycles. The van der Waals surface area contributed by atoms with Crippen molar-refractivity contribution in [3.63, 3.8) is 0 Å². The molecule has 0 aliphatic heterocycles. The van der Waals surface area contributed by atoms with Crippen LogP contribution in [0.5, 0.6) is 0 Å². The van der Waals surface area contributed by atoms with Crippen molar-refractivity contribution in [1.82, 2.24) is 0 Å². The summed E-state index contributed by atoms with van der Waals surface area (Å²) in [6, 6.07) is 9.34. The molecule has 0 amide bonds. The van der Waals surface area contributed by atoms with Crippen LogP contribution in [0.4, 0.5) is 0 Å². The second-order valence-electron chi connectivity index (χ2n) is 2.94. The number of benzene rings is 1. The first kappa shape index (κ1) is 12.7. The molecule has 1 aromatic carbocycles. The Morgan fingerprint density at radius 2 is 2.12 bits per heavy atom. The zero-order chi connectivity index (χ0) is 12.0. The Kier molecular flexibility index (Phi) is 4.99. The van der Waals surface area contributed by atoms with Crippen LogP contribution in [0.2, 0.25) is 0 Å². The highest BCUT2D eigenvalue weighted by Crippen LogP contribution is 2.11. The van der Waals surface area contributed by atoms with Gasteiger partial charge in [-0.05, 0) is 53.3 Å². The average Bonchev–Trinajstić information content (AvgIpc) is 2.28. The number of rotatable bonds is 3. The van der Waals surface area contributed by atoms with Crippen LogP contribution < -0.4 is 0 Å². The van der Waals surface area contributed by atoms with E-state index in [1.54, 1.807) is 6.92 Å². The van der Waals surface area contributed by atoms with Crippen molar-refractivity contribution in [3.05, 3.63) is 39.0 Å². The molecule has 16 heavy (non-hydrogen) atoms. The number of hydrogen-bond acceptors (Lipinski definition) is 3. The van der Waals surface area contributed by atoms with Crippen molar-refractivity contribution in [2.45, 2.75) is 6.92 Å². The Morgan fingerprint density at radius 3 is 2.62 bits per heavy atom. The predicted molar refractivity (Wildman–Crippen MR) is 69.4 cm³/mol. The standard InChI is InChI=1S/C12H10INO2/c1-2-16-12(15)10(8-14)7-9-3-5-11(13)6-4-9/h3-7H,2H2,1H3. The number of carbonyl (C=O) groups excluding carboxylic acids is 1. The largest absolute Gasteiger partial charge is 0.462 e. The maximum Gasteiger partial charge on any atom is 0.348 e. The molecule has 0 N–H and O–H groups in total. The second-order valence-corrected chi connectivity index (χ2v) is 4.19. The van der Waals surface area contributed by atoms with E-state index < -0.39 is 5.97 Å². The molecule has 0 aromatic heterocycles. The monoisotopic (exact) mass is 327 g/mol. The van der Waals surface area contributed by atoms with E-state index in [0.717, 1.165) is 9.13 Å². The molecule has 1 rings (SSSR count). The SMILES string of the molecule is CCOC(=O)C(C#N)=Cc1ccc(I)cc1. The average molecular weight is 327 g/mol. The highest BCUT2D eigenvalue weighted by Gasteiger charge is 2.09. The van der Waals surface area contributed by atoms with Gasteiger partial charge >= 0.3 is 5.97 Å². The molecule has 0 unspecified atom stereocenters. The smallest absolute Gasteiger partial charge is 0.348 e. The Morgan fingerprint density at radius 1 is 1.50 bits per heavy atom. The summed E-state index contributed by atoms with van der Waals surface area (Å²) in [6.07, 6.45) is 1.52. The zero-order valence-corrected chi connectivity index (χ0v) is 10.9. The van der Waals surface area contributed by atoms with E-state index in [4.69, 9.17) is 10.00 Å². The normalized spacial score (nSPS) is 10.7. The Labute approximate surface area is 108 Å². The summed E-state index contributed by atoms with van der Waals surface area (Å²) in [5.74, 6) is -0.580. The van der Waals surface area contributed by atoms with Crippen molar-refractivity contribution < 1.29 is 9.53 Å². The van der Waals surface area contributed by atoms with Gasteiger partial charge in [-0.3, -0.25) is 0 Å². The van der Waals surface area contributed by atoms with Gasteiger partial charge in [-0.25, -0.2) is 4.79 Å². The van der Waals surface area contributed by atoms with Gasteiger partial charge in [-0.15, -0.1) is 0 Å². The van der Waals surface area contributed by atoms with Gasteiger partial charge in [0.15, 0.2) is 0 Å². The highest BCUT2D eigenvalue weighted by atomic mass is 127. The third-order valence-corrected chi connectivity index (χ3v) is 2.52. The Balaban J connectivity index is 2.92. The van der Waals surface area contributed by atoms with E-state index in [1.807, 2.05) is 30.3 Å². The summed E-state index contributed by atoms with van der Waals surface area (Å²) in [6.45, 7) is 1.97. The summed E-state index contributed by atoms with van der Waals surface area (Å²) in [5, 5.41) is 8.82. The van der Waals surface area contributed by atoms with Crippen molar-refractivity contribution in [1.29, 1.82) is 5.26 Å². The van der Waals surface area contributed by atoms with Crippen LogP contribution in [0.15, 0.2) is 29.8 Å². The summed E-state index contributed by atoms with van der Waals surface area (Å²) < 4.78 is 5.86. The molecular weight excluding hydrogens is 317 g/mol. The highest BCUT2D eigenvalue weighted by molar-refractivity contribution is 14.1. The predicted octanol–water partition coefficient (Wildman–Crippen LogP) is 2.76. The molecule has 0 saturated carbocycles. The molecule has 0 aliphatic carbocycles. The van der Waals surface area contributed by atoms with Gasteiger partial charge in [-0.2, -0.15) is 5.26 Å². The van der Waals surface area contributed by atoms with Crippen molar-refractivity contribution in [2.24, 2.45) is 0 Å². The molecule has 0 spiro atoms. The minimum atomic E-state index is -0.580. The van der Waals surface area contributed by atoms with Crippen LogP contribution in [-0.4, -0.2) is 12.6 Å². The van der Waals surface area contributed by atoms with Crippen LogP contribution in [-0.2, 0) is 9.53 Å². The van der Waals surface area contributed by atoms with Crippen LogP contribution in [0.3, 0.4) is 0 Å². The fraction of sp³-hybridized carbons (Fsp3) is 0.167. The Bertz CT molecular complexity index is 443. The fourth-order valence-corrected chi connectivity index (χ4v) is 1.43. The lowest BCUT2D eigenvalue weighted by Crippen LogP contribution is -2.05. The fourth-order valence-electron chi connectivity index (χ4n) is 1.07. The number of nitrogens with zero attached hydrogens (tertiary/aromatic N) is 1. The maximum atomic E-state index is 11.3. The molecule has 0 radical (unpaired) electrons. The minimum Gasteiger partial charge on any atom is -0.462 e. The first-order valence-electron chi connectivity index (χ1n) is 4.72. The number of hydrogen-bond donors (Lipinski definition) is 0. The third-order valence-electron chi connectivity index (χ3n) is 1.80.